The molecule has 0 unspecified atom stereocenters. The first-order valence-electron chi connectivity index (χ1n) is 13.3. The molecule has 1 aliphatic rings. The van der Waals surface area contributed by atoms with Crippen LogP contribution in [0.3, 0.4) is 0 Å². The molecule has 1 aliphatic heterocycles. The second-order valence-corrected chi connectivity index (χ2v) is 10.2. The van der Waals surface area contributed by atoms with Crippen molar-refractivity contribution in [3.05, 3.63) is 114 Å². The van der Waals surface area contributed by atoms with E-state index in [2.05, 4.69) is 69.8 Å². The Morgan fingerprint density at radius 3 is 2.54 bits per heavy atom. The molecule has 5 aromatic rings. The highest BCUT2D eigenvalue weighted by Crippen LogP contribution is 2.32. The van der Waals surface area contributed by atoms with Crippen LogP contribution in [0, 0.1) is 11.3 Å². The average Bonchev–Trinajstić information content (AvgIpc) is 3.48. The van der Waals surface area contributed by atoms with E-state index in [4.69, 9.17) is 4.42 Å². The van der Waals surface area contributed by atoms with Gasteiger partial charge in [-0.3, -0.25) is 9.88 Å². The van der Waals surface area contributed by atoms with Crippen molar-refractivity contribution in [3.63, 3.8) is 0 Å². The Bertz CT molecular complexity index is 1610. The van der Waals surface area contributed by atoms with E-state index in [1.807, 2.05) is 24.3 Å². The lowest BCUT2D eigenvalue weighted by atomic mass is 9.99. The van der Waals surface area contributed by atoms with Gasteiger partial charge in [-0.25, -0.2) is 0 Å². The Morgan fingerprint density at radius 1 is 0.949 bits per heavy atom. The molecular weight excluding hydrogens is 484 g/mol. The third-order valence-corrected chi connectivity index (χ3v) is 7.42. The van der Waals surface area contributed by atoms with Crippen LogP contribution in [0.25, 0.3) is 22.0 Å². The fraction of sp³-hybridized carbons (Fsp3) is 0.212. The standard InChI is InChI=1S/C33H30N4O2/c34-19-28-20-35-32-18-27(26-3-1-2-24(17-26)21-37-13-10-30(38)11-14-37)6-9-31(32)33(28)36-29-7-4-23(5-8-29)16-25-12-15-39-22-25/h1-9,12,15,17-18,20,22,30,38H,10-11,13-14,16,21H2,(H,35,36). The van der Waals surface area contributed by atoms with Crippen LogP contribution >= 0.6 is 0 Å². The number of furan rings is 1. The lowest BCUT2D eigenvalue weighted by Crippen LogP contribution is -2.35. The lowest BCUT2D eigenvalue weighted by molar-refractivity contribution is 0.0792. The van der Waals surface area contributed by atoms with Gasteiger partial charge in [-0.15, -0.1) is 0 Å². The van der Waals surface area contributed by atoms with E-state index in [0.717, 1.165) is 77.9 Å². The summed E-state index contributed by atoms with van der Waals surface area (Å²) in [6, 6.07) is 27.4. The van der Waals surface area contributed by atoms with Gasteiger partial charge in [0.15, 0.2) is 0 Å². The molecule has 0 atom stereocenters. The van der Waals surface area contributed by atoms with Gasteiger partial charge >= 0.3 is 0 Å². The van der Waals surface area contributed by atoms with Crippen molar-refractivity contribution in [1.82, 2.24) is 9.88 Å². The van der Waals surface area contributed by atoms with Gasteiger partial charge in [0.05, 0.1) is 35.4 Å². The van der Waals surface area contributed by atoms with Crippen LogP contribution in [-0.2, 0) is 13.0 Å². The van der Waals surface area contributed by atoms with E-state index in [1.165, 1.54) is 11.1 Å². The SMILES string of the molecule is N#Cc1cnc2cc(-c3cccc(CN4CCC(O)CC4)c3)ccc2c1Nc1ccc(Cc2ccoc2)cc1. The minimum Gasteiger partial charge on any atom is -0.472 e. The highest BCUT2D eigenvalue weighted by molar-refractivity contribution is 5.97. The number of nitrogens with one attached hydrogen (secondary N) is 1. The molecule has 1 saturated heterocycles. The molecule has 1 fully saturated rings. The van der Waals surface area contributed by atoms with Crippen molar-refractivity contribution in [2.24, 2.45) is 0 Å². The van der Waals surface area contributed by atoms with E-state index in [9.17, 15) is 10.4 Å². The first kappa shape index (κ1) is 24.9. The second kappa shape index (κ2) is 11.1. The van der Waals surface area contributed by atoms with Crippen LogP contribution in [0.1, 0.15) is 35.1 Å². The third kappa shape index (κ3) is 5.70. The number of hydrogen-bond donors (Lipinski definition) is 2. The fourth-order valence-electron chi connectivity index (χ4n) is 5.26. The Balaban J connectivity index is 1.24. The minimum absolute atomic E-state index is 0.161. The summed E-state index contributed by atoms with van der Waals surface area (Å²) in [6.07, 6.45) is 7.42. The predicted octanol–water partition coefficient (Wildman–Crippen LogP) is 6.66. The summed E-state index contributed by atoms with van der Waals surface area (Å²) in [5, 5.41) is 24.0. The van der Waals surface area contributed by atoms with Crippen LogP contribution in [-0.4, -0.2) is 34.2 Å². The number of aromatic nitrogens is 1. The summed E-state index contributed by atoms with van der Waals surface area (Å²) in [5.41, 5.74) is 8.82. The summed E-state index contributed by atoms with van der Waals surface area (Å²) < 4.78 is 5.17. The van der Waals surface area contributed by atoms with Crippen molar-refractivity contribution in [2.45, 2.75) is 31.9 Å². The number of piperidine rings is 1. The number of nitriles is 1. The zero-order valence-electron chi connectivity index (χ0n) is 21.7. The highest BCUT2D eigenvalue weighted by Gasteiger charge is 2.17. The number of rotatable bonds is 7. The molecule has 3 aromatic carbocycles. The Labute approximate surface area is 228 Å². The predicted molar refractivity (Wildman–Crippen MR) is 154 cm³/mol. The smallest absolute Gasteiger partial charge is 0.103 e. The van der Waals surface area contributed by atoms with Gasteiger partial charge in [-0.05, 0) is 71.0 Å². The number of aliphatic hydroxyl groups excluding tert-OH is 1. The van der Waals surface area contributed by atoms with Crippen molar-refractivity contribution in [2.75, 3.05) is 18.4 Å². The van der Waals surface area contributed by atoms with Gasteiger partial charge in [-0.2, -0.15) is 5.26 Å². The van der Waals surface area contributed by atoms with Gasteiger partial charge in [0.1, 0.15) is 6.07 Å². The second-order valence-electron chi connectivity index (χ2n) is 10.2. The van der Waals surface area contributed by atoms with E-state index in [1.54, 1.807) is 18.7 Å². The monoisotopic (exact) mass is 514 g/mol. The molecule has 6 nitrogen and oxygen atoms in total. The van der Waals surface area contributed by atoms with Crippen molar-refractivity contribution >= 4 is 22.3 Å². The maximum absolute atomic E-state index is 9.80. The number of benzene rings is 3. The molecule has 2 N–H and O–H groups in total. The van der Waals surface area contributed by atoms with Gasteiger partial charge in [0, 0.05) is 43.3 Å². The molecule has 0 saturated carbocycles. The van der Waals surface area contributed by atoms with Gasteiger partial charge < -0.3 is 14.8 Å². The number of anilines is 2. The molecule has 0 spiro atoms. The molecule has 194 valence electrons. The molecule has 3 heterocycles. The van der Waals surface area contributed by atoms with Gasteiger partial charge in [-0.1, -0.05) is 42.5 Å². The number of hydrogen-bond acceptors (Lipinski definition) is 6. The molecule has 0 bridgehead atoms. The maximum atomic E-state index is 9.80. The number of nitrogens with zero attached hydrogens (tertiary/aromatic N) is 3. The average molecular weight is 515 g/mol. The zero-order chi connectivity index (χ0) is 26.6. The molecular formula is C33H30N4O2. The fourth-order valence-corrected chi connectivity index (χ4v) is 5.26. The Morgan fingerprint density at radius 2 is 1.77 bits per heavy atom. The van der Waals surface area contributed by atoms with Crippen LogP contribution in [0.5, 0.6) is 0 Å². The van der Waals surface area contributed by atoms with Crippen LogP contribution in [0.4, 0.5) is 11.4 Å². The summed E-state index contributed by atoms with van der Waals surface area (Å²) in [4.78, 5) is 7.02. The van der Waals surface area contributed by atoms with Crippen LogP contribution in [0.2, 0.25) is 0 Å². The number of fused-ring (bicyclic) bond motifs is 1. The summed E-state index contributed by atoms with van der Waals surface area (Å²) in [6.45, 7) is 2.73. The van der Waals surface area contributed by atoms with E-state index < -0.39 is 0 Å². The zero-order valence-corrected chi connectivity index (χ0v) is 21.7. The molecule has 0 radical (unpaired) electrons. The van der Waals surface area contributed by atoms with Crippen molar-refractivity contribution < 1.29 is 9.52 Å². The Hall–Kier alpha value is -4.44. The largest absolute Gasteiger partial charge is 0.472 e. The summed E-state index contributed by atoms with van der Waals surface area (Å²) in [7, 11) is 0. The third-order valence-electron chi connectivity index (χ3n) is 7.42. The quantitative estimate of drug-likeness (QED) is 0.253. The summed E-state index contributed by atoms with van der Waals surface area (Å²) in [5.74, 6) is 0. The normalized spacial score (nSPS) is 14.4. The molecule has 6 heteroatoms. The maximum Gasteiger partial charge on any atom is 0.103 e. The highest BCUT2D eigenvalue weighted by atomic mass is 16.3. The molecule has 39 heavy (non-hydrogen) atoms. The molecule has 6 rings (SSSR count). The van der Waals surface area contributed by atoms with E-state index in [0.29, 0.717) is 5.56 Å². The molecule has 0 amide bonds. The molecule has 2 aromatic heterocycles. The van der Waals surface area contributed by atoms with Crippen molar-refractivity contribution in [3.8, 4) is 17.2 Å². The van der Waals surface area contributed by atoms with E-state index in [-0.39, 0.29) is 6.10 Å². The van der Waals surface area contributed by atoms with Crippen LogP contribution in [0.15, 0.2) is 95.9 Å². The first-order valence-corrected chi connectivity index (χ1v) is 13.3. The minimum atomic E-state index is -0.161. The van der Waals surface area contributed by atoms with Gasteiger partial charge in [0.2, 0.25) is 0 Å². The van der Waals surface area contributed by atoms with Crippen molar-refractivity contribution in [1.29, 1.82) is 5.26 Å². The number of aliphatic hydroxyl groups is 1. The number of pyridine rings is 1. The topological polar surface area (TPSA) is 85.3 Å². The van der Waals surface area contributed by atoms with Crippen LogP contribution < -0.4 is 5.32 Å². The Kier molecular flexibility index (Phi) is 7.09. The molecule has 0 aliphatic carbocycles. The summed E-state index contributed by atoms with van der Waals surface area (Å²) >= 11 is 0. The number of likely N-dealkylation sites (tertiary alicyclic amines) is 1. The van der Waals surface area contributed by atoms with E-state index >= 15 is 0 Å². The lowest BCUT2D eigenvalue weighted by Gasteiger charge is -2.29. The van der Waals surface area contributed by atoms with Gasteiger partial charge in [0.25, 0.3) is 0 Å². The first-order chi connectivity index (χ1) is 19.1.